The van der Waals surface area contributed by atoms with E-state index in [0.717, 1.165) is 58.2 Å². The summed E-state index contributed by atoms with van der Waals surface area (Å²) in [5.74, 6) is 0. The molecule has 0 spiro atoms. The van der Waals surface area contributed by atoms with E-state index in [-0.39, 0.29) is 0 Å². The Labute approximate surface area is 141 Å². The normalized spacial score (nSPS) is 14.2. The first-order valence-electron chi connectivity index (χ1n) is 7.58. The van der Waals surface area contributed by atoms with Gasteiger partial charge in [0.25, 0.3) is 0 Å². The van der Waals surface area contributed by atoms with Crippen molar-refractivity contribution in [2.45, 2.75) is 26.2 Å². The Bertz CT molecular complexity index is 786. The molecule has 0 saturated heterocycles. The third-order valence-corrected chi connectivity index (χ3v) is 4.12. The number of aromatic amines is 1. The number of pyridine rings is 1. The molecule has 4 nitrogen and oxygen atoms in total. The molecule has 2 N–H and O–H groups in total. The first-order valence-corrected chi connectivity index (χ1v) is 7.96. The summed E-state index contributed by atoms with van der Waals surface area (Å²) in [6.45, 7) is 6.05. The van der Waals surface area contributed by atoms with Crippen LogP contribution in [0.4, 0.5) is 5.69 Å². The molecule has 0 unspecified atom stereocenters. The maximum Gasteiger partial charge on any atom is 0.108 e. The van der Waals surface area contributed by atoms with Crippen LogP contribution in [0.5, 0.6) is 0 Å². The van der Waals surface area contributed by atoms with E-state index in [0.29, 0.717) is 0 Å². The van der Waals surface area contributed by atoms with Crippen molar-refractivity contribution in [1.29, 1.82) is 0 Å². The summed E-state index contributed by atoms with van der Waals surface area (Å²) in [5.41, 5.74) is 5.69. The molecule has 5 heteroatoms. The number of nitrogens with zero attached hydrogens (tertiary/aromatic N) is 2. The summed E-state index contributed by atoms with van der Waals surface area (Å²) >= 11 is 6.28. The zero-order chi connectivity index (χ0) is 16.2. The quantitative estimate of drug-likeness (QED) is 0.845. The van der Waals surface area contributed by atoms with E-state index in [1.807, 2.05) is 25.3 Å². The molecule has 2 aromatic rings. The minimum atomic E-state index is 0.735. The summed E-state index contributed by atoms with van der Waals surface area (Å²) in [4.78, 5) is 4.16. The van der Waals surface area contributed by atoms with Crippen LogP contribution in [0.1, 0.15) is 29.8 Å². The Kier molecular flexibility index (Phi) is 4.63. The lowest BCUT2D eigenvalue weighted by Gasteiger charge is -2.09. The molecule has 23 heavy (non-hydrogen) atoms. The highest BCUT2D eigenvalue weighted by molar-refractivity contribution is 6.30. The summed E-state index contributed by atoms with van der Waals surface area (Å²) in [7, 11) is 0. The predicted octanol–water partition coefficient (Wildman–Crippen LogP) is 4.58. The molecule has 2 aromatic heterocycles. The number of anilines is 1. The van der Waals surface area contributed by atoms with Crippen LogP contribution in [-0.4, -0.2) is 15.2 Å². The maximum atomic E-state index is 6.28. The maximum absolute atomic E-state index is 6.28. The molecule has 2 heterocycles. The molecule has 0 saturated carbocycles. The van der Waals surface area contributed by atoms with Crippen molar-refractivity contribution in [1.82, 2.24) is 15.2 Å². The van der Waals surface area contributed by atoms with Crippen molar-refractivity contribution < 1.29 is 0 Å². The third-order valence-electron chi connectivity index (χ3n) is 3.69. The van der Waals surface area contributed by atoms with Gasteiger partial charge in [-0.1, -0.05) is 30.3 Å². The van der Waals surface area contributed by atoms with E-state index in [1.54, 1.807) is 6.20 Å². The number of aryl methyl sites for hydroxylation is 1. The van der Waals surface area contributed by atoms with Crippen LogP contribution in [0.15, 0.2) is 53.9 Å². The topological polar surface area (TPSA) is 53.6 Å². The van der Waals surface area contributed by atoms with Gasteiger partial charge in [0.1, 0.15) is 5.69 Å². The molecule has 1 aliphatic rings. The number of aromatic nitrogens is 3. The van der Waals surface area contributed by atoms with E-state index < -0.39 is 0 Å². The molecular formula is C18H19ClN4. The van der Waals surface area contributed by atoms with Crippen molar-refractivity contribution in [2.24, 2.45) is 0 Å². The van der Waals surface area contributed by atoms with Crippen LogP contribution in [0.2, 0.25) is 0 Å². The van der Waals surface area contributed by atoms with E-state index in [9.17, 15) is 0 Å². The second-order valence-electron chi connectivity index (χ2n) is 5.68. The van der Waals surface area contributed by atoms with Gasteiger partial charge in [-0.3, -0.25) is 10.1 Å². The average molecular weight is 327 g/mol. The number of allylic oxidation sites excluding steroid dienone is 4. The Balaban J connectivity index is 1.69. The highest BCUT2D eigenvalue weighted by Gasteiger charge is 2.10. The molecule has 1 aliphatic carbocycles. The van der Waals surface area contributed by atoms with Gasteiger partial charge in [-0.05, 0) is 43.0 Å². The van der Waals surface area contributed by atoms with Gasteiger partial charge in [-0.2, -0.15) is 5.10 Å². The molecule has 0 aromatic carbocycles. The Morgan fingerprint density at radius 3 is 3.04 bits per heavy atom. The molecular weight excluding hydrogens is 308 g/mol. The SMILES string of the molecule is C=C(Nc1cncc(C)c1)c1cc(CC2=C(Cl)CCC=C2)[nH]n1. The Morgan fingerprint density at radius 2 is 2.26 bits per heavy atom. The lowest BCUT2D eigenvalue weighted by molar-refractivity contribution is 0.943. The molecule has 0 fully saturated rings. The van der Waals surface area contributed by atoms with Crippen LogP contribution in [0, 0.1) is 6.92 Å². The fraction of sp³-hybridized carbons (Fsp3) is 0.222. The molecule has 3 rings (SSSR count). The van der Waals surface area contributed by atoms with Crippen LogP contribution < -0.4 is 5.32 Å². The number of nitrogens with one attached hydrogen (secondary N) is 2. The standard InChI is InChI=1S/C18H19ClN4/c1-12-7-16(11-20-10-12)21-13(2)18-9-15(22-23-18)8-14-5-3-4-6-17(14)19/h3,5,7,9-11,21H,2,4,6,8H2,1H3,(H,22,23). The molecule has 0 atom stereocenters. The minimum Gasteiger partial charge on any atom is -0.353 e. The van der Waals surface area contributed by atoms with E-state index in [2.05, 4.69) is 39.2 Å². The number of halogens is 1. The Hall–Kier alpha value is -2.33. The van der Waals surface area contributed by atoms with Crippen molar-refractivity contribution in [3.05, 3.63) is 70.8 Å². The van der Waals surface area contributed by atoms with Gasteiger partial charge in [0.05, 0.1) is 17.6 Å². The van der Waals surface area contributed by atoms with Gasteiger partial charge in [-0.25, -0.2) is 0 Å². The van der Waals surface area contributed by atoms with E-state index in [4.69, 9.17) is 11.6 Å². The molecule has 118 valence electrons. The van der Waals surface area contributed by atoms with Crippen molar-refractivity contribution in [3.8, 4) is 0 Å². The zero-order valence-corrected chi connectivity index (χ0v) is 13.8. The lowest BCUT2D eigenvalue weighted by Crippen LogP contribution is -1.98. The fourth-order valence-corrected chi connectivity index (χ4v) is 2.75. The van der Waals surface area contributed by atoms with Crippen molar-refractivity contribution in [3.63, 3.8) is 0 Å². The van der Waals surface area contributed by atoms with Gasteiger partial charge >= 0.3 is 0 Å². The average Bonchev–Trinajstić information content (AvgIpc) is 2.98. The van der Waals surface area contributed by atoms with Gasteiger partial charge < -0.3 is 5.32 Å². The largest absolute Gasteiger partial charge is 0.353 e. The first-order chi connectivity index (χ1) is 11.1. The lowest BCUT2D eigenvalue weighted by atomic mass is 10.0. The third kappa shape index (κ3) is 3.90. The van der Waals surface area contributed by atoms with Crippen LogP contribution in [0.25, 0.3) is 5.70 Å². The highest BCUT2D eigenvalue weighted by atomic mass is 35.5. The second kappa shape index (κ2) is 6.84. The van der Waals surface area contributed by atoms with Crippen LogP contribution in [0.3, 0.4) is 0 Å². The van der Waals surface area contributed by atoms with E-state index in [1.165, 1.54) is 0 Å². The van der Waals surface area contributed by atoms with Crippen LogP contribution in [-0.2, 0) is 6.42 Å². The van der Waals surface area contributed by atoms with Crippen molar-refractivity contribution >= 4 is 23.0 Å². The number of hydrogen-bond donors (Lipinski definition) is 2. The van der Waals surface area contributed by atoms with Gasteiger partial charge in [-0.15, -0.1) is 0 Å². The van der Waals surface area contributed by atoms with Gasteiger partial charge in [0.2, 0.25) is 0 Å². The predicted molar refractivity (Wildman–Crippen MR) is 95.2 cm³/mol. The summed E-state index contributed by atoms with van der Waals surface area (Å²) in [5, 5.41) is 11.6. The van der Waals surface area contributed by atoms with Gasteiger partial charge in [0.15, 0.2) is 0 Å². The summed E-state index contributed by atoms with van der Waals surface area (Å²) in [6, 6.07) is 4.02. The minimum absolute atomic E-state index is 0.735. The fourth-order valence-electron chi connectivity index (χ4n) is 2.51. The number of hydrogen-bond acceptors (Lipinski definition) is 3. The van der Waals surface area contributed by atoms with E-state index >= 15 is 0 Å². The van der Waals surface area contributed by atoms with Crippen molar-refractivity contribution in [2.75, 3.05) is 5.32 Å². The Morgan fingerprint density at radius 1 is 1.39 bits per heavy atom. The summed E-state index contributed by atoms with van der Waals surface area (Å²) in [6.07, 6.45) is 10.5. The number of H-pyrrole nitrogens is 1. The second-order valence-corrected chi connectivity index (χ2v) is 6.14. The van der Waals surface area contributed by atoms with Crippen LogP contribution >= 0.6 is 11.6 Å². The smallest absolute Gasteiger partial charge is 0.108 e. The van der Waals surface area contributed by atoms with Gasteiger partial charge in [0, 0.05) is 23.3 Å². The molecule has 0 aliphatic heterocycles. The number of rotatable bonds is 5. The zero-order valence-electron chi connectivity index (χ0n) is 13.1. The molecule has 0 radical (unpaired) electrons. The molecule has 0 bridgehead atoms. The monoisotopic (exact) mass is 326 g/mol. The molecule has 0 amide bonds. The summed E-state index contributed by atoms with van der Waals surface area (Å²) < 4.78 is 0. The highest BCUT2D eigenvalue weighted by Crippen LogP contribution is 2.25. The first kappa shape index (κ1) is 15.6.